The van der Waals surface area contributed by atoms with Gasteiger partial charge in [0.25, 0.3) is 0 Å². The molecule has 3 rings (SSSR count). The van der Waals surface area contributed by atoms with Gasteiger partial charge in [-0.1, -0.05) is 13.5 Å². The monoisotopic (exact) mass is 422 g/mol. The Hall–Kier alpha value is -2.49. The Bertz CT molecular complexity index is 855. The third kappa shape index (κ3) is 4.19. The van der Waals surface area contributed by atoms with Crippen LogP contribution in [0.1, 0.15) is 40.0 Å². The number of ether oxygens (including phenoxy) is 4. The van der Waals surface area contributed by atoms with Gasteiger partial charge in [0.15, 0.2) is 5.79 Å². The average molecular weight is 422 g/mol. The number of esters is 3. The zero-order valence-electron chi connectivity index (χ0n) is 17.2. The Kier molecular flexibility index (Phi) is 5.90. The summed E-state index contributed by atoms with van der Waals surface area (Å²) >= 11 is 0. The molecule has 3 aliphatic rings. The molecule has 0 saturated carbocycles. The molecule has 4 atom stereocenters. The summed E-state index contributed by atoms with van der Waals surface area (Å²) in [5, 5.41) is 20.2. The molecule has 0 aromatic heterocycles. The first kappa shape index (κ1) is 22.2. The van der Waals surface area contributed by atoms with E-state index < -0.39 is 47.9 Å². The predicted octanol–water partition coefficient (Wildman–Crippen LogP) is 1.04. The molecule has 30 heavy (non-hydrogen) atoms. The number of aliphatic hydroxyl groups is 2. The maximum Gasteiger partial charge on any atom is 0.343 e. The first-order valence-corrected chi connectivity index (χ1v) is 9.72. The van der Waals surface area contributed by atoms with Crippen molar-refractivity contribution in [2.45, 2.75) is 57.5 Å². The first-order valence-electron chi connectivity index (χ1n) is 9.72. The van der Waals surface area contributed by atoms with Crippen molar-refractivity contribution in [2.75, 3.05) is 13.2 Å². The fraction of sp³-hybridized carbons (Fsp3) is 0.571. The Morgan fingerprint density at radius 1 is 1.37 bits per heavy atom. The normalized spacial score (nSPS) is 34.7. The van der Waals surface area contributed by atoms with Crippen LogP contribution in [0, 0.1) is 5.92 Å². The van der Waals surface area contributed by atoms with Gasteiger partial charge in [-0.15, -0.1) is 0 Å². The van der Waals surface area contributed by atoms with Gasteiger partial charge in [0.1, 0.15) is 18.5 Å². The van der Waals surface area contributed by atoms with Crippen LogP contribution in [0.2, 0.25) is 0 Å². The number of aliphatic hydroxyl groups excluding tert-OH is 1. The molecule has 2 bridgehead atoms. The summed E-state index contributed by atoms with van der Waals surface area (Å²) < 4.78 is 21.9. The summed E-state index contributed by atoms with van der Waals surface area (Å²) in [6.45, 7) is 7.24. The van der Waals surface area contributed by atoms with E-state index in [4.69, 9.17) is 18.9 Å². The van der Waals surface area contributed by atoms with Gasteiger partial charge in [0.05, 0.1) is 23.4 Å². The maximum atomic E-state index is 12.5. The van der Waals surface area contributed by atoms with Crippen LogP contribution in [0.5, 0.6) is 0 Å². The van der Waals surface area contributed by atoms with E-state index in [2.05, 4.69) is 6.58 Å². The molecule has 3 aliphatic heterocycles. The second-order valence-electron chi connectivity index (χ2n) is 8.12. The van der Waals surface area contributed by atoms with Gasteiger partial charge in [-0.2, -0.15) is 0 Å². The molecule has 0 unspecified atom stereocenters. The Morgan fingerprint density at radius 2 is 2.07 bits per heavy atom. The lowest BCUT2D eigenvalue weighted by atomic mass is 9.86. The molecular weight excluding hydrogens is 396 g/mol. The van der Waals surface area contributed by atoms with Crippen molar-refractivity contribution in [3.8, 4) is 0 Å². The summed E-state index contributed by atoms with van der Waals surface area (Å²) in [6.07, 6.45) is 1.51. The number of carbonyl (C=O) groups excluding carboxylic acids is 3. The largest absolute Gasteiger partial charge is 0.461 e. The number of carbonyl (C=O) groups is 3. The number of hydrogen-bond donors (Lipinski definition) is 2. The van der Waals surface area contributed by atoms with Crippen molar-refractivity contribution in [2.24, 2.45) is 5.92 Å². The fourth-order valence-corrected chi connectivity index (χ4v) is 3.91. The molecular formula is C21H26O9. The van der Waals surface area contributed by atoms with Crippen molar-refractivity contribution in [1.29, 1.82) is 0 Å². The van der Waals surface area contributed by atoms with Crippen molar-refractivity contribution in [1.82, 2.24) is 0 Å². The minimum Gasteiger partial charge on any atom is -0.461 e. The highest BCUT2D eigenvalue weighted by Gasteiger charge is 2.52. The zero-order chi connectivity index (χ0) is 22.3. The highest BCUT2D eigenvalue weighted by Crippen LogP contribution is 2.47. The average Bonchev–Trinajstić information content (AvgIpc) is 3.14. The van der Waals surface area contributed by atoms with Gasteiger partial charge in [0, 0.05) is 24.8 Å². The van der Waals surface area contributed by atoms with E-state index >= 15 is 0 Å². The third-order valence-corrected chi connectivity index (χ3v) is 5.67. The molecule has 0 aliphatic carbocycles. The molecule has 0 spiro atoms. The van der Waals surface area contributed by atoms with E-state index in [9.17, 15) is 24.6 Å². The van der Waals surface area contributed by atoms with Crippen LogP contribution in [-0.4, -0.2) is 58.8 Å². The SMILES string of the molecule is C=C(CO)C(=O)O[C@H]1C[C@@H](C)[C@]2(O)CC[C@](C)(/C=C3/OC(=O)C(COC(C)=O)=C31)O2. The van der Waals surface area contributed by atoms with Crippen molar-refractivity contribution < 1.29 is 43.5 Å². The van der Waals surface area contributed by atoms with Gasteiger partial charge >= 0.3 is 17.9 Å². The molecule has 0 amide bonds. The number of fused-ring (bicyclic) bond motifs is 3. The standard InChI is InChI=1S/C21H26O9/c1-11(9-22)18(24)28-15-7-12(2)21(26)6-5-20(4,30-21)8-16-17(15)14(19(25)29-16)10-27-13(3)23/h8,12,15,22,26H,1,5-7,9-10H2,2-4H3/b16-8+/t12-,15+,20-,21+/m1/s1. The fourth-order valence-electron chi connectivity index (χ4n) is 3.91. The molecule has 0 aromatic rings. The molecule has 9 nitrogen and oxygen atoms in total. The van der Waals surface area contributed by atoms with Gasteiger partial charge in [-0.25, -0.2) is 9.59 Å². The van der Waals surface area contributed by atoms with Gasteiger partial charge in [0.2, 0.25) is 0 Å². The summed E-state index contributed by atoms with van der Waals surface area (Å²) in [7, 11) is 0. The second kappa shape index (κ2) is 7.98. The second-order valence-corrected chi connectivity index (χ2v) is 8.12. The van der Waals surface area contributed by atoms with E-state index in [0.717, 1.165) is 0 Å². The molecule has 3 heterocycles. The van der Waals surface area contributed by atoms with E-state index in [0.29, 0.717) is 12.8 Å². The predicted molar refractivity (Wildman–Crippen MR) is 101 cm³/mol. The van der Waals surface area contributed by atoms with Gasteiger partial charge < -0.3 is 29.2 Å². The van der Waals surface area contributed by atoms with Crippen LogP contribution in [0.25, 0.3) is 0 Å². The van der Waals surface area contributed by atoms with Crippen LogP contribution < -0.4 is 0 Å². The summed E-state index contributed by atoms with van der Waals surface area (Å²) in [5.74, 6) is -3.96. The molecule has 164 valence electrons. The first-order chi connectivity index (χ1) is 14.0. The quantitative estimate of drug-likeness (QED) is 0.379. The summed E-state index contributed by atoms with van der Waals surface area (Å²) in [5.41, 5.74) is -0.768. The molecule has 0 radical (unpaired) electrons. The van der Waals surface area contributed by atoms with E-state index in [1.165, 1.54) is 6.92 Å². The molecule has 0 aromatic carbocycles. The lowest BCUT2D eigenvalue weighted by molar-refractivity contribution is -0.238. The Labute approximate surface area is 173 Å². The molecule has 1 saturated heterocycles. The van der Waals surface area contributed by atoms with Gasteiger partial charge in [-0.05, 0) is 25.8 Å². The lowest BCUT2D eigenvalue weighted by Crippen LogP contribution is -2.40. The Balaban J connectivity index is 2.10. The number of rotatable bonds is 5. The minimum absolute atomic E-state index is 0.0458. The number of hydrogen-bond acceptors (Lipinski definition) is 9. The topological polar surface area (TPSA) is 129 Å². The van der Waals surface area contributed by atoms with Crippen molar-refractivity contribution in [3.63, 3.8) is 0 Å². The highest BCUT2D eigenvalue weighted by atomic mass is 16.6. The summed E-state index contributed by atoms with van der Waals surface area (Å²) in [6, 6.07) is 0. The summed E-state index contributed by atoms with van der Waals surface area (Å²) in [4.78, 5) is 36.2. The van der Waals surface area contributed by atoms with Crippen LogP contribution in [-0.2, 0) is 33.3 Å². The van der Waals surface area contributed by atoms with Crippen LogP contribution in [0.15, 0.2) is 35.1 Å². The van der Waals surface area contributed by atoms with Crippen molar-refractivity contribution >= 4 is 17.9 Å². The highest BCUT2D eigenvalue weighted by molar-refractivity contribution is 5.96. The van der Waals surface area contributed by atoms with E-state index in [-0.39, 0.29) is 35.5 Å². The van der Waals surface area contributed by atoms with E-state index in [1.807, 2.05) is 0 Å². The van der Waals surface area contributed by atoms with Crippen molar-refractivity contribution in [3.05, 3.63) is 35.1 Å². The minimum atomic E-state index is -1.45. The molecule has 2 N–H and O–H groups in total. The smallest absolute Gasteiger partial charge is 0.343 e. The van der Waals surface area contributed by atoms with Crippen LogP contribution in [0.3, 0.4) is 0 Å². The van der Waals surface area contributed by atoms with E-state index in [1.54, 1.807) is 19.9 Å². The maximum absolute atomic E-state index is 12.5. The third-order valence-electron chi connectivity index (χ3n) is 5.67. The molecule has 9 heteroatoms. The van der Waals surface area contributed by atoms with Crippen LogP contribution in [0.4, 0.5) is 0 Å². The lowest BCUT2D eigenvalue weighted by Gasteiger charge is -2.33. The zero-order valence-corrected chi connectivity index (χ0v) is 17.2. The Morgan fingerprint density at radius 3 is 2.70 bits per heavy atom. The molecule has 1 fully saturated rings. The van der Waals surface area contributed by atoms with Gasteiger partial charge in [-0.3, -0.25) is 4.79 Å². The van der Waals surface area contributed by atoms with Crippen LogP contribution >= 0.6 is 0 Å².